The summed E-state index contributed by atoms with van der Waals surface area (Å²) in [6.07, 6.45) is 4.19. The van der Waals surface area contributed by atoms with Gasteiger partial charge in [-0.3, -0.25) is 9.69 Å². The molecule has 0 bridgehead atoms. The third kappa shape index (κ3) is 5.74. The maximum absolute atomic E-state index is 12.7. The molecule has 1 aliphatic rings. The number of hydrogen-bond acceptors (Lipinski definition) is 5. The van der Waals surface area contributed by atoms with Crippen molar-refractivity contribution in [2.45, 2.75) is 56.7 Å². The SMILES string of the molecule is CC(C)c1nccn1CCN1CCN(C(=O)Cc2ccc(S(=O)(=O)C(C)C)cc2)CC1. The summed E-state index contributed by atoms with van der Waals surface area (Å²) in [4.78, 5) is 21.8. The van der Waals surface area contributed by atoms with Crippen LogP contribution in [-0.4, -0.2) is 71.6 Å². The molecule has 0 atom stereocenters. The molecule has 1 aliphatic heterocycles. The van der Waals surface area contributed by atoms with Crippen LogP contribution in [0.2, 0.25) is 0 Å². The van der Waals surface area contributed by atoms with Crippen LogP contribution in [0, 0.1) is 0 Å². The van der Waals surface area contributed by atoms with Crippen LogP contribution in [0.4, 0.5) is 0 Å². The Morgan fingerprint density at radius 3 is 2.23 bits per heavy atom. The summed E-state index contributed by atoms with van der Waals surface area (Å²) in [5, 5.41) is -0.456. The average Bonchev–Trinajstić information content (AvgIpc) is 3.22. The van der Waals surface area contributed by atoms with Gasteiger partial charge in [-0.2, -0.15) is 0 Å². The molecule has 0 N–H and O–H groups in total. The zero-order valence-electron chi connectivity index (χ0n) is 19.0. The van der Waals surface area contributed by atoms with Crippen LogP contribution >= 0.6 is 0 Å². The van der Waals surface area contributed by atoms with E-state index in [1.807, 2.05) is 17.3 Å². The second-order valence-electron chi connectivity index (χ2n) is 8.77. The minimum Gasteiger partial charge on any atom is -0.340 e. The number of imidazole rings is 1. The number of benzene rings is 1. The number of carbonyl (C=O) groups is 1. The van der Waals surface area contributed by atoms with E-state index in [0.717, 1.165) is 50.7 Å². The third-order valence-corrected chi connectivity index (χ3v) is 8.04. The Balaban J connectivity index is 1.47. The fraction of sp³-hybridized carbons (Fsp3) is 0.565. The van der Waals surface area contributed by atoms with Gasteiger partial charge < -0.3 is 9.47 Å². The monoisotopic (exact) mass is 446 g/mol. The Kier molecular flexibility index (Phi) is 7.54. The lowest BCUT2D eigenvalue weighted by Gasteiger charge is -2.35. The van der Waals surface area contributed by atoms with Crippen molar-refractivity contribution in [1.29, 1.82) is 0 Å². The van der Waals surface area contributed by atoms with Gasteiger partial charge in [0.25, 0.3) is 0 Å². The van der Waals surface area contributed by atoms with Gasteiger partial charge in [-0.25, -0.2) is 13.4 Å². The molecule has 1 fully saturated rings. The molecule has 2 aromatic rings. The molecular weight excluding hydrogens is 412 g/mol. The quantitative estimate of drug-likeness (QED) is 0.623. The van der Waals surface area contributed by atoms with Gasteiger partial charge in [0.15, 0.2) is 9.84 Å². The van der Waals surface area contributed by atoms with Gasteiger partial charge in [0, 0.05) is 57.6 Å². The largest absolute Gasteiger partial charge is 0.340 e. The smallest absolute Gasteiger partial charge is 0.227 e. The maximum Gasteiger partial charge on any atom is 0.227 e. The van der Waals surface area contributed by atoms with Crippen LogP contribution in [0.1, 0.15) is 45.0 Å². The zero-order valence-corrected chi connectivity index (χ0v) is 19.8. The minimum atomic E-state index is -3.28. The van der Waals surface area contributed by atoms with E-state index in [4.69, 9.17) is 0 Å². The molecule has 2 heterocycles. The van der Waals surface area contributed by atoms with E-state index in [1.165, 1.54) is 0 Å². The van der Waals surface area contributed by atoms with Crippen molar-refractivity contribution >= 4 is 15.7 Å². The first-order valence-electron chi connectivity index (χ1n) is 11.0. The lowest BCUT2D eigenvalue weighted by atomic mass is 10.1. The van der Waals surface area contributed by atoms with Crippen LogP contribution in [0.5, 0.6) is 0 Å². The summed E-state index contributed by atoms with van der Waals surface area (Å²) in [7, 11) is -3.28. The van der Waals surface area contributed by atoms with Crippen molar-refractivity contribution < 1.29 is 13.2 Å². The van der Waals surface area contributed by atoms with E-state index < -0.39 is 15.1 Å². The Morgan fingerprint density at radius 2 is 1.65 bits per heavy atom. The van der Waals surface area contributed by atoms with Gasteiger partial charge in [0.1, 0.15) is 5.82 Å². The molecule has 1 aromatic carbocycles. The van der Waals surface area contributed by atoms with Crippen molar-refractivity contribution in [1.82, 2.24) is 19.4 Å². The minimum absolute atomic E-state index is 0.0934. The van der Waals surface area contributed by atoms with Gasteiger partial charge in [0.05, 0.1) is 16.6 Å². The normalized spacial score (nSPS) is 15.7. The molecule has 0 spiro atoms. The summed E-state index contributed by atoms with van der Waals surface area (Å²) >= 11 is 0. The van der Waals surface area contributed by atoms with Crippen LogP contribution in [0.3, 0.4) is 0 Å². The highest BCUT2D eigenvalue weighted by molar-refractivity contribution is 7.92. The lowest BCUT2D eigenvalue weighted by Crippen LogP contribution is -2.49. The molecule has 170 valence electrons. The number of piperazine rings is 1. The molecule has 8 heteroatoms. The van der Waals surface area contributed by atoms with Crippen LogP contribution in [-0.2, 0) is 27.6 Å². The molecule has 0 radical (unpaired) electrons. The molecule has 1 saturated heterocycles. The van der Waals surface area contributed by atoms with Crippen molar-refractivity contribution in [3.63, 3.8) is 0 Å². The predicted molar refractivity (Wildman–Crippen MR) is 122 cm³/mol. The molecule has 3 rings (SSSR count). The molecular formula is C23H34N4O3S. The topological polar surface area (TPSA) is 75.5 Å². The van der Waals surface area contributed by atoms with Gasteiger partial charge in [-0.15, -0.1) is 0 Å². The summed E-state index contributed by atoms with van der Waals surface area (Å²) in [5.74, 6) is 1.61. The highest BCUT2D eigenvalue weighted by Gasteiger charge is 2.22. The van der Waals surface area contributed by atoms with E-state index in [1.54, 1.807) is 38.1 Å². The van der Waals surface area contributed by atoms with E-state index >= 15 is 0 Å². The van der Waals surface area contributed by atoms with E-state index in [2.05, 4.69) is 28.3 Å². The van der Waals surface area contributed by atoms with Crippen molar-refractivity contribution in [2.75, 3.05) is 32.7 Å². The van der Waals surface area contributed by atoms with Crippen LogP contribution < -0.4 is 0 Å². The van der Waals surface area contributed by atoms with E-state index in [-0.39, 0.29) is 5.91 Å². The van der Waals surface area contributed by atoms with Crippen LogP contribution in [0.25, 0.3) is 0 Å². The van der Waals surface area contributed by atoms with Crippen LogP contribution in [0.15, 0.2) is 41.6 Å². The molecule has 1 aromatic heterocycles. The summed E-state index contributed by atoms with van der Waals surface area (Å²) < 4.78 is 26.7. The summed E-state index contributed by atoms with van der Waals surface area (Å²) in [5.41, 5.74) is 0.844. The van der Waals surface area contributed by atoms with Gasteiger partial charge in [-0.1, -0.05) is 26.0 Å². The van der Waals surface area contributed by atoms with E-state index in [0.29, 0.717) is 17.2 Å². The second kappa shape index (κ2) is 9.96. The summed E-state index contributed by atoms with van der Waals surface area (Å²) in [6.45, 7) is 12.7. The number of rotatable bonds is 8. The van der Waals surface area contributed by atoms with E-state index in [9.17, 15) is 13.2 Å². The number of hydrogen-bond donors (Lipinski definition) is 0. The number of nitrogens with zero attached hydrogens (tertiary/aromatic N) is 4. The second-order valence-corrected chi connectivity index (χ2v) is 11.3. The highest BCUT2D eigenvalue weighted by atomic mass is 32.2. The van der Waals surface area contributed by atoms with Crippen molar-refractivity contribution in [2.24, 2.45) is 0 Å². The fourth-order valence-corrected chi connectivity index (χ4v) is 4.90. The first-order valence-corrected chi connectivity index (χ1v) is 12.6. The van der Waals surface area contributed by atoms with Gasteiger partial charge in [0.2, 0.25) is 5.91 Å². The Morgan fingerprint density at radius 1 is 1.00 bits per heavy atom. The Hall–Kier alpha value is -2.19. The molecule has 31 heavy (non-hydrogen) atoms. The molecule has 0 saturated carbocycles. The van der Waals surface area contributed by atoms with Crippen molar-refractivity contribution in [3.8, 4) is 0 Å². The number of sulfone groups is 1. The zero-order chi connectivity index (χ0) is 22.6. The number of carbonyl (C=O) groups excluding carboxylic acids is 1. The number of amides is 1. The van der Waals surface area contributed by atoms with Gasteiger partial charge in [-0.05, 0) is 31.5 Å². The first kappa shape index (κ1) is 23.5. The lowest BCUT2D eigenvalue weighted by molar-refractivity contribution is -0.132. The highest BCUT2D eigenvalue weighted by Crippen LogP contribution is 2.17. The molecule has 0 aliphatic carbocycles. The fourth-order valence-electron chi connectivity index (χ4n) is 3.84. The van der Waals surface area contributed by atoms with Crippen molar-refractivity contribution in [3.05, 3.63) is 48.0 Å². The third-order valence-electron chi connectivity index (χ3n) is 5.87. The number of aromatic nitrogens is 2. The maximum atomic E-state index is 12.7. The summed E-state index contributed by atoms with van der Waals surface area (Å²) in [6, 6.07) is 6.72. The standard InChI is InChI=1S/C23H34N4O3S/c1-18(2)23-24-9-10-27(23)16-13-25-11-14-26(15-12-25)22(28)17-20-5-7-21(8-6-20)31(29,30)19(3)4/h5-10,18-19H,11-17H2,1-4H3. The molecule has 1 amide bonds. The first-order chi connectivity index (χ1) is 14.7. The molecule has 0 unspecified atom stereocenters. The Bertz CT molecular complexity index is 973. The Labute approximate surface area is 186 Å². The molecule has 7 nitrogen and oxygen atoms in total. The van der Waals surface area contributed by atoms with Gasteiger partial charge >= 0.3 is 0 Å². The predicted octanol–water partition coefficient (Wildman–Crippen LogP) is 2.58. The average molecular weight is 447 g/mol.